The van der Waals surface area contributed by atoms with Crippen molar-refractivity contribution in [3.63, 3.8) is 0 Å². The van der Waals surface area contributed by atoms with E-state index in [0.717, 1.165) is 11.3 Å². The number of quaternary nitrogens is 1. The van der Waals surface area contributed by atoms with Crippen molar-refractivity contribution in [3.05, 3.63) is 16.5 Å². The topological polar surface area (TPSA) is 87.0 Å². The molecule has 0 radical (unpaired) electrons. The molecule has 1 aromatic heterocycles. The summed E-state index contributed by atoms with van der Waals surface area (Å²) in [7, 11) is 1.28. The molecule has 0 saturated heterocycles. The molecule has 0 bridgehead atoms. The van der Waals surface area contributed by atoms with Gasteiger partial charge in [0.15, 0.2) is 5.06 Å². The molecule has 1 rings (SSSR count). The number of hydrogen-bond acceptors (Lipinski definition) is 5. The van der Waals surface area contributed by atoms with Crippen LogP contribution in [0.3, 0.4) is 0 Å². The number of halogens is 1. The molecule has 0 fully saturated rings. The van der Waals surface area contributed by atoms with Gasteiger partial charge in [0.25, 0.3) is 0 Å². The van der Waals surface area contributed by atoms with Gasteiger partial charge in [-0.1, -0.05) is 11.3 Å². The van der Waals surface area contributed by atoms with Gasteiger partial charge in [0.05, 0.1) is 12.7 Å². The summed E-state index contributed by atoms with van der Waals surface area (Å²) in [5.41, 5.74) is 4.03. The first-order chi connectivity index (χ1) is 7.58. The predicted octanol–water partition coefficient (Wildman–Crippen LogP) is -2.58. The van der Waals surface area contributed by atoms with Gasteiger partial charge >= 0.3 is 5.97 Å². The van der Waals surface area contributed by atoms with Gasteiger partial charge in [-0.25, -0.2) is 4.79 Å². The minimum atomic E-state index is -0.523. The number of hydrogen-bond donors (Lipinski definition) is 1. The predicted molar refractivity (Wildman–Crippen MR) is 58.2 cm³/mol. The standard InChI is InChI=1S/C10H12N2O3S.ClH/c1-6(12)5-15-9-3-7(10(13)14-2)8(4-11)16-9;/h3,6H,5,12H2,1-2H3;1H/t6-;/m0./s1. The fraction of sp³-hybridized carbons (Fsp3) is 0.400. The average Bonchev–Trinajstić information content (AvgIpc) is 2.68. The van der Waals surface area contributed by atoms with Crippen LogP contribution in [0.4, 0.5) is 0 Å². The van der Waals surface area contributed by atoms with Gasteiger partial charge in [-0.15, -0.1) is 0 Å². The van der Waals surface area contributed by atoms with E-state index in [2.05, 4.69) is 10.5 Å². The molecule has 1 aromatic rings. The number of carbonyl (C=O) groups is 1. The molecular weight excluding hydrogens is 264 g/mol. The Bertz CT molecular complexity index is 426. The lowest BCUT2D eigenvalue weighted by Gasteiger charge is -2.02. The van der Waals surface area contributed by atoms with Crippen molar-refractivity contribution < 1.29 is 32.4 Å². The number of nitriles is 1. The highest BCUT2D eigenvalue weighted by atomic mass is 35.5. The van der Waals surface area contributed by atoms with E-state index in [1.807, 2.05) is 13.0 Å². The van der Waals surface area contributed by atoms with E-state index in [-0.39, 0.29) is 24.0 Å². The Morgan fingerprint density at radius 2 is 2.35 bits per heavy atom. The number of carbonyl (C=O) groups excluding carboxylic acids is 1. The average molecular weight is 277 g/mol. The molecule has 0 amide bonds. The van der Waals surface area contributed by atoms with E-state index < -0.39 is 5.97 Å². The number of thiophene rings is 1. The first-order valence-electron chi connectivity index (χ1n) is 4.66. The second-order valence-corrected chi connectivity index (χ2v) is 4.34. The fourth-order valence-corrected chi connectivity index (χ4v) is 1.81. The zero-order chi connectivity index (χ0) is 12.1. The van der Waals surface area contributed by atoms with E-state index in [9.17, 15) is 4.79 Å². The summed E-state index contributed by atoms with van der Waals surface area (Å²) >= 11 is 1.13. The monoisotopic (exact) mass is 276 g/mol. The SMILES string of the molecule is COC(=O)c1cc(OC[C@H](C)[NH3+])sc1C#N.[Cl-]. The number of ether oxygens (including phenoxy) is 2. The molecule has 0 aliphatic rings. The number of nitrogens with zero attached hydrogens (tertiary/aromatic N) is 1. The Labute approximate surface area is 110 Å². The molecule has 0 unspecified atom stereocenters. The first-order valence-corrected chi connectivity index (χ1v) is 5.48. The summed E-state index contributed by atoms with van der Waals surface area (Å²) in [6.45, 7) is 2.37. The zero-order valence-electron chi connectivity index (χ0n) is 9.53. The molecule has 17 heavy (non-hydrogen) atoms. The fourth-order valence-electron chi connectivity index (χ4n) is 1.01. The van der Waals surface area contributed by atoms with Crippen molar-refractivity contribution in [3.8, 4) is 11.1 Å². The highest BCUT2D eigenvalue weighted by molar-refractivity contribution is 7.14. The van der Waals surface area contributed by atoms with E-state index in [1.165, 1.54) is 13.2 Å². The molecule has 1 atom stereocenters. The third kappa shape index (κ3) is 4.23. The lowest BCUT2D eigenvalue weighted by atomic mass is 10.3. The van der Waals surface area contributed by atoms with Crippen LogP contribution in [0, 0.1) is 11.3 Å². The van der Waals surface area contributed by atoms with Crippen molar-refractivity contribution in [2.45, 2.75) is 13.0 Å². The second kappa shape index (κ2) is 7.12. The van der Waals surface area contributed by atoms with Crippen molar-refractivity contribution in [1.29, 1.82) is 5.26 Å². The molecule has 7 heteroatoms. The zero-order valence-corrected chi connectivity index (χ0v) is 11.1. The number of methoxy groups -OCH3 is 1. The molecule has 1 heterocycles. The third-order valence-corrected chi connectivity index (χ3v) is 2.68. The maximum atomic E-state index is 11.3. The molecular formula is C10H13ClN2O3S. The number of esters is 1. The maximum Gasteiger partial charge on any atom is 0.340 e. The van der Waals surface area contributed by atoms with Gasteiger partial charge in [-0.2, -0.15) is 5.26 Å². The van der Waals surface area contributed by atoms with E-state index in [0.29, 0.717) is 16.5 Å². The molecule has 3 N–H and O–H groups in total. The molecule has 94 valence electrons. The van der Waals surface area contributed by atoms with Crippen LogP contribution in [-0.2, 0) is 4.74 Å². The van der Waals surface area contributed by atoms with Crippen LogP contribution in [0.25, 0.3) is 0 Å². The van der Waals surface area contributed by atoms with E-state index >= 15 is 0 Å². The Morgan fingerprint density at radius 3 is 2.82 bits per heavy atom. The van der Waals surface area contributed by atoms with Crippen LogP contribution < -0.4 is 22.9 Å². The van der Waals surface area contributed by atoms with Gasteiger partial charge in [-0.05, 0) is 6.92 Å². The van der Waals surface area contributed by atoms with Crippen LogP contribution in [0.15, 0.2) is 6.07 Å². The van der Waals surface area contributed by atoms with Gasteiger partial charge < -0.3 is 27.6 Å². The molecule has 0 saturated carbocycles. The van der Waals surface area contributed by atoms with Crippen molar-refractivity contribution in [2.24, 2.45) is 0 Å². The Morgan fingerprint density at radius 1 is 1.71 bits per heavy atom. The summed E-state index contributed by atoms with van der Waals surface area (Å²) in [5, 5.41) is 9.37. The number of rotatable bonds is 4. The molecule has 5 nitrogen and oxygen atoms in total. The summed E-state index contributed by atoms with van der Waals surface area (Å²) in [4.78, 5) is 11.6. The van der Waals surface area contributed by atoms with Crippen LogP contribution in [0.1, 0.15) is 22.2 Å². The summed E-state index contributed by atoms with van der Waals surface area (Å²) in [6, 6.07) is 3.61. The first kappa shape index (κ1) is 15.7. The van der Waals surface area contributed by atoms with E-state index in [4.69, 9.17) is 10.00 Å². The van der Waals surface area contributed by atoms with Crippen LogP contribution >= 0.6 is 11.3 Å². The van der Waals surface area contributed by atoms with Crippen LogP contribution in [-0.4, -0.2) is 25.7 Å². The van der Waals surface area contributed by atoms with Gasteiger partial charge in [0, 0.05) is 6.07 Å². The quantitative estimate of drug-likeness (QED) is 0.612. The van der Waals surface area contributed by atoms with Crippen molar-refractivity contribution in [1.82, 2.24) is 0 Å². The lowest BCUT2D eigenvalue weighted by Crippen LogP contribution is -3.00. The van der Waals surface area contributed by atoms with E-state index in [1.54, 1.807) is 0 Å². The maximum absolute atomic E-state index is 11.3. The summed E-state index contributed by atoms with van der Waals surface area (Å²) in [5.74, 6) is -0.523. The molecule has 0 aromatic carbocycles. The smallest absolute Gasteiger partial charge is 0.340 e. The Balaban J connectivity index is 0.00000256. The van der Waals surface area contributed by atoms with Crippen molar-refractivity contribution >= 4 is 17.3 Å². The lowest BCUT2D eigenvalue weighted by molar-refractivity contribution is -0.417. The third-order valence-electron chi connectivity index (χ3n) is 1.73. The second-order valence-electron chi connectivity index (χ2n) is 3.33. The summed E-state index contributed by atoms with van der Waals surface area (Å²) < 4.78 is 9.95. The highest BCUT2D eigenvalue weighted by Gasteiger charge is 2.17. The highest BCUT2D eigenvalue weighted by Crippen LogP contribution is 2.29. The minimum Gasteiger partial charge on any atom is -1.00 e. The molecule has 0 aliphatic carbocycles. The van der Waals surface area contributed by atoms with Crippen LogP contribution in [0.2, 0.25) is 0 Å². The van der Waals surface area contributed by atoms with Gasteiger partial charge in [0.2, 0.25) is 0 Å². The molecule has 0 aliphatic heterocycles. The Hall–Kier alpha value is -1.29. The Kier molecular flexibility index (Phi) is 6.58. The largest absolute Gasteiger partial charge is 1.00 e. The van der Waals surface area contributed by atoms with Gasteiger partial charge in [-0.3, -0.25) is 0 Å². The summed E-state index contributed by atoms with van der Waals surface area (Å²) in [6.07, 6.45) is 0. The minimum absolute atomic E-state index is 0. The van der Waals surface area contributed by atoms with Crippen molar-refractivity contribution in [2.75, 3.05) is 13.7 Å². The normalized spacial score (nSPS) is 10.9. The van der Waals surface area contributed by atoms with Crippen LogP contribution in [0.5, 0.6) is 5.06 Å². The molecule has 0 spiro atoms. The van der Waals surface area contributed by atoms with Gasteiger partial charge in [0.1, 0.15) is 23.6 Å².